The molecule has 0 saturated carbocycles. The van der Waals surface area contributed by atoms with E-state index in [9.17, 15) is 4.79 Å². The van der Waals surface area contributed by atoms with Crippen LogP contribution >= 0.6 is 0 Å². The van der Waals surface area contributed by atoms with Crippen molar-refractivity contribution in [3.05, 3.63) is 23.8 Å². The van der Waals surface area contributed by atoms with Crippen molar-refractivity contribution in [1.29, 1.82) is 0 Å². The second-order valence-corrected chi connectivity index (χ2v) is 4.05. The molecule has 5 nitrogen and oxygen atoms in total. The summed E-state index contributed by atoms with van der Waals surface area (Å²) >= 11 is 0. The van der Waals surface area contributed by atoms with Gasteiger partial charge in [0.2, 0.25) is 5.91 Å². The Balaban J connectivity index is 2.80. The number of anilines is 1. The maximum Gasteiger partial charge on any atom is 0.233 e. The molecule has 1 aromatic carbocycles. The van der Waals surface area contributed by atoms with Crippen molar-refractivity contribution in [2.24, 2.45) is 0 Å². The fourth-order valence-electron chi connectivity index (χ4n) is 1.72. The van der Waals surface area contributed by atoms with Gasteiger partial charge in [-0.05, 0) is 24.7 Å². The molecule has 0 saturated heterocycles. The molecule has 1 amide bonds. The van der Waals surface area contributed by atoms with Crippen LogP contribution in [0.25, 0.3) is 0 Å². The zero-order valence-electron chi connectivity index (χ0n) is 11.2. The quantitative estimate of drug-likeness (QED) is 0.735. The number of hydrogen-bond donors (Lipinski definition) is 2. The fourth-order valence-corrected chi connectivity index (χ4v) is 1.72. The highest BCUT2D eigenvalue weighted by Crippen LogP contribution is 2.22. The van der Waals surface area contributed by atoms with Crippen LogP contribution in [0.1, 0.15) is 12.5 Å². The molecule has 0 aliphatic carbocycles. The van der Waals surface area contributed by atoms with Crippen LogP contribution in [0.3, 0.4) is 0 Å². The summed E-state index contributed by atoms with van der Waals surface area (Å²) in [7, 11) is 3.27. The van der Waals surface area contributed by atoms with Crippen molar-refractivity contribution >= 4 is 11.6 Å². The van der Waals surface area contributed by atoms with Gasteiger partial charge in [0.25, 0.3) is 0 Å². The molecule has 0 unspecified atom stereocenters. The number of ether oxygens (including phenoxy) is 1. The molecular formula is C13H21N3O2. The van der Waals surface area contributed by atoms with E-state index in [0.717, 1.165) is 17.9 Å². The molecule has 100 valence electrons. The summed E-state index contributed by atoms with van der Waals surface area (Å²) in [5.74, 6) is 0.791. The van der Waals surface area contributed by atoms with Gasteiger partial charge in [0.1, 0.15) is 5.75 Å². The summed E-state index contributed by atoms with van der Waals surface area (Å²) in [5, 5.41) is 2.62. The van der Waals surface area contributed by atoms with Crippen molar-refractivity contribution in [2.45, 2.75) is 13.5 Å². The van der Waals surface area contributed by atoms with Crippen LogP contribution in [0, 0.1) is 0 Å². The van der Waals surface area contributed by atoms with Crippen LogP contribution in [0.4, 0.5) is 5.69 Å². The number of benzene rings is 1. The van der Waals surface area contributed by atoms with Gasteiger partial charge in [0.15, 0.2) is 0 Å². The normalized spacial score (nSPS) is 10.4. The standard InChI is InChI=1S/C13H21N3O2/c1-4-16(9-13(17)15-2)8-10-7-11(14)5-6-12(10)18-3/h5-7H,4,8-9,14H2,1-3H3,(H,15,17). The maximum absolute atomic E-state index is 11.4. The molecule has 0 heterocycles. The van der Waals surface area contributed by atoms with Crippen molar-refractivity contribution in [2.75, 3.05) is 33.0 Å². The lowest BCUT2D eigenvalue weighted by atomic mass is 10.1. The third-order valence-corrected chi connectivity index (χ3v) is 2.79. The number of carbonyl (C=O) groups excluding carboxylic acids is 1. The lowest BCUT2D eigenvalue weighted by molar-refractivity contribution is -0.121. The number of carbonyl (C=O) groups is 1. The minimum atomic E-state index is -0.000259. The summed E-state index contributed by atoms with van der Waals surface area (Å²) in [6, 6.07) is 5.53. The lowest BCUT2D eigenvalue weighted by Gasteiger charge is -2.21. The van der Waals surface area contributed by atoms with Crippen molar-refractivity contribution in [3.63, 3.8) is 0 Å². The highest BCUT2D eigenvalue weighted by atomic mass is 16.5. The first-order valence-electron chi connectivity index (χ1n) is 5.96. The van der Waals surface area contributed by atoms with Crippen LogP contribution < -0.4 is 15.8 Å². The molecule has 1 rings (SSSR count). The Hall–Kier alpha value is -1.75. The van der Waals surface area contributed by atoms with Crippen molar-refractivity contribution in [1.82, 2.24) is 10.2 Å². The Bertz CT molecular complexity index is 407. The number of likely N-dealkylation sites (N-methyl/N-ethyl adjacent to an activating group) is 2. The van der Waals surface area contributed by atoms with Crippen LogP contribution in [0.5, 0.6) is 5.75 Å². The van der Waals surface area contributed by atoms with Gasteiger partial charge in [0.05, 0.1) is 13.7 Å². The molecule has 0 bridgehead atoms. The van der Waals surface area contributed by atoms with E-state index in [0.29, 0.717) is 18.8 Å². The second-order valence-electron chi connectivity index (χ2n) is 4.05. The predicted octanol–water partition coefficient (Wildman–Crippen LogP) is 0.845. The van der Waals surface area contributed by atoms with Crippen LogP contribution in [-0.2, 0) is 11.3 Å². The van der Waals surface area contributed by atoms with E-state index in [1.165, 1.54) is 0 Å². The summed E-state index contributed by atoms with van der Waals surface area (Å²) in [6.45, 7) is 3.80. The number of methoxy groups -OCH3 is 1. The average Bonchev–Trinajstić information content (AvgIpc) is 2.38. The molecule has 5 heteroatoms. The third kappa shape index (κ3) is 3.92. The first kappa shape index (κ1) is 14.3. The van der Waals surface area contributed by atoms with Gasteiger partial charge in [-0.1, -0.05) is 6.92 Å². The van der Waals surface area contributed by atoms with Gasteiger partial charge in [-0.2, -0.15) is 0 Å². The monoisotopic (exact) mass is 251 g/mol. The van der Waals surface area contributed by atoms with Crippen LogP contribution in [0.2, 0.25) is 0 Å². The molecule has 3 N–H and O–H groups in total. The van der Waals surface area contributed by atoms with Gasteiger partial charge in [-0.3, -0.25) is 9.69 Å². The zero-order chi connectivity index (χ0) is 13.5. The first-order chi connectivity index (χ1) is 8.60. The minimum Gasteiger partial charge on any atom is -0.496 e. The molecule has 0 aromatic heterocycles. The average molecular weight is 251 g/mol. The molecule has 0 spiro atoms. The number of amides is 1. The SMILES string of the molecule is CCN(CC(=O)NC)Cc1cc(N)ccc1OC. The minimum absolute atomic E-state index is 0.000259. The predicted molar refractivity (Wildman–Crippen MR) is 72.4 cm³/mol. The fraction of sp³-hybridized carbons (Fsp3) is 0.462. The molecule has 0 radical (unpaired) electrons. The molecule has 0 fully saturated rings. The van der Waals surface area contributed by atoms with Gasteiger partial charge in [0, 0.05) is 24.8 Å². The number of nitrogen functional groups attached to an aromatic ring is 1. The van der Waals surface area contributed by atoms with Crippen molar-refractivity contribution < 1.29 is 9.53 Å². The van der Waals surface area contributed by atoms with E-state index in [1.54, 1.807) is 20.2 Å². The Kier molecular flexibility index (Phi) is 5.45. The third-order valence-electron chi connectivity index (χ3n) is 2.79. The van der Waals surface area contributed by atoms with Crippen LogP contribution in [0.15, 0.2) is 18.2 Å². The molecule has 0 aliphatic heterocycles. The molecule has 1 aromatic rings. The first-order valence-corrected chi connectivity index (χ1v) is 5.96. The summed E-state index contributed by atoms with van der Waals surface area (Å²) < 4.78 is 5.29. The highest BCUT2D eigenvalue weighted by Gasteiger charge is 2.11. The van der Waals surface area contributed by atoms with Gasteiger partial charge >= 0.3 is 0 Å². The number of nitrogens with one attached hydrogen (secondary N) is 1. The van der Waals surface area contributed by atoms with E-state index >= 15 is 0 Å². The van der Waals surface area contributed by atoms with Gasteiger partial charge < -0.3 is 15.8 Å². The van der Waals surface area contributed by atoms with Gasteiger partial charge in [-0.15, -0.1) is 0 Å². The molecule has 0 atom stereocenters. The Morgan fingerprint density at radius 2 is 2.22 bits per heavy atom. The summed E-state index contributed by atoms with van der Waals surface area (Å²) in [4.78, 5) is 13.4. The molecule has 18 heavy (non-hydrogen) atoms. The summed E-state index contributed by atoms with van der Waals surface area (Å²) in [5.41, 5.74) is 7.46. The zero-order valence-corrected chi connectivity index (χ0v) is 11.2. The smallest absolute Gasteiger partial charge is 0.233 e. The van der Waals surface area contributed by atoms with Crippen molar-refractivity contribution in [3.8, 4) is 5.75 Å². The lowest BCUT2D eigenvalue weighted by Crippen LogP contribution is -2.35. The Labute approximate surface area is 108 Å². The maximum atomic E-state index is 11.4. The Morgan fingerprint density at radius 1 is 1.50 bits per heavy atom. The van der Waals surface area contributed by atoms with E-state index in [-0.39, 0.29) is 5.91 Å². The molecule has 0 aliphatic rings. The number of hydrogen-bond acceptors (Lipinski definition) is 4. The highest BCUT2D eigenvalue weighted by molar-refractivity contribution is 5.77. The van der Waals surface area contributed by atoms with E-state index in [2.05, 4.69) is 5.32 Å². The van der Waals surface area contributed by atoms with Crippen LogP contribution in [-0.4, -0.2) is 38.1 Å². The largest absolute Gasteiger partial charge is 0.496 e. The number of rotatable bonds is 6. The van der Waals surface area contributed by atoms with E-state index < -0.39 is 0 Å². The van der Waals surface area contributed by atoms with E-state index in [1.807, 2.05) is 24.0 Å². The van der Waals surface area contributed by atoms with E-state index in [4.69, 9.17) is 10.5 Å². The Morgan fingerprint density at radius 3 is 2.78 bits per heavy atom. The second kappa shape index (κ2) is 6.86. The topological polar surface area (TPSA) is 67.6 Å². The number of nitrogens with zero attached hydrogens (tertiary/aromatic N) is 1. The van der Waals surface area contributed by atoms with Gasteiger partial charge in [-0.25, -0.2) is 0 Å². The summed E-state index contributed by atoms with van der Waals surface area (Å²) in [6.07, 6.45) is 0. The number of nitrogens with two attached hydrogens (primary N) is 1. The molecular weight excluding hydrogens is 230 g/mol.